The molecule has 0 aromatic carbocycles. The van der Waals surface area contributed by atoms with Gasteiger partial charge in [0.05, 0.1) is 12.1 Å². The van der Waals surface area contributed by atoms with Gasteiger partial charge in [-0.25, -0.2) is 0 Å². The van der Waals surface area contributed by atoms with E-state index in [1.54, 1.807) is 12.4 Å². The highest BCUT2D eigenvalue weighted by Crippen LogP contribution is 2.21. The molecule has 1 aliphatic heterocycles. The molecule has 21 heavy (non-hydrogen) atoms. The first-order chi connectivity index (χ1) is 10.2. The van der Waals surface area contributed by atoms with E-state index in [1.807, 2.05) is 19.1 Å². The maximum Gasteiger partial charge on any atom is 0.293 e. The lowest BCUT2D eigenvalue weighted by Gasteiger charge is -2.11. The van der Waals surface area contributed by atoms with Crippen molar-refractivity contribution in [2.24, 2.45) is 0 Å². The normalized spacial score (nSPS) is 19.4. The quantitative estimate of drug-likeness (QED) is 0.882. The summed E-state index contributed by atoms with van der Waals surface area (Å²) < 4.78 is 5.16. The average Bonchev–Trinajstić information content (AvgIpc) is 3.19. The van der Waals surface area contributed by atoms with Crippen LogP contribution in [-0.2, 0) is 0 Å². The Bertz CT molecular complexity index is 607. The Hall–Kier alpha value is -2.28. The zero-order chi connectivity index (χ0) is 14.7. The standard InChI is InChI=1S/C14H17N5O2/c1-9(10-4-2-6-15-8-10)17-13(20)12-18-14(21-19-12)11-5-3-7-16-11/h2,4,6,8-9,11,16H,3,5,7H2,1H3,(H,17,20)/t9-,11?/m1/s1. The number of hydrogen-bond donors (Lipinski definition) is 2. The van der Waals surface area contributed by atoms with Crippen LogP contribution in [0.25, 0.3) is 0 Å². The van der Waals surface area contributed by atoms with Gasteiger partial charge in [-0.2, -0.15) is 4.98 Å². The molecule has 0 bridgehead atoms. The molecule has 1 unspecified atom stereocenters. The molecule has 1 saturated heterocycles. The number of pyridine rings is 1. The number of rotatable bonds is 4. The minimum Gasteiger partial charge on any atom is -0.343 e. The molecular weight excluding hydrogens is 270 g/mol. The van der Waals surface area contributed by atoms with Gasteiger partial charge in [0, 0.05) is 12.4 Å². The Balaban J connectivity index is 1.65. The first-order valence-electron chi connectivity index (χ1n) is 7.02. The number of aromatic nitrogens is 3. The molecule has 2 atom stereocenters. The Morgan fingerprint density at radius 1 is 1.57 bits per heavy atom. The van der Waals surface area contributed by atoms with Crippen molar-refractivity contribution in [2.75, 3.05) is 6.54 Å². The summed E-state index contributed by atoms with van der Waals surface area (Å²) in [5.41, 5.74) is 0.923. The van der Waals surface area contributed by atoms with E-state index in [0.717, 1.165) is 24.9 Å². The third-order valence-corrected chi connectivity index (χ3v) is 3.54. The smallest absolute Gasteiger partial charge is 0.293 e. The van der Waals surface area contributed by atoms with Crippen molar-refractivity contribution in [3.63, 3.8) is 0 Å². The molecule has 2 aromatic rings. The summed E-state index contributed by atoms with van der Waals surface area (Å²) in [6.07, 6.45) is 5.44. The van der Waals surface area contributed by atoms with Crippen molar-refractivity contribution in [1.82, 2.24) is 25.8 Å². The zero-order valence-corrected chi connectivity index (χ0v) is 11.7. The lowest BCUT2D eigenvalue weighted by molar-refractivity contribution is 0.0926. The molecule has 0 radical (unpaired) electrons. The van der Waals surface area contributed by atoms with E-state index in [2.05, 4.69) is 25.8 Å². The highest BCUT2D eigenvalue weighted by molar-refractivity contribution is 5.90. The molecule has 2 aromatic heterocycles. The second kappa shape index (κ2) is 6.01. The fraction of sp³-hybridized carbons (Fsp3) is 0.429. The molecule has 1 amide bonds. The van der Waals surface area contributed by atoms with Gasteiger partial charge in [0.1, 0.15) is 0 Å². The number of hydrogen-bond acceptors (Lipinski definition) is 6. The number of nitrogens with one attached hydrogen (secondary N) is 2. The fourth-order valence-electron chi connectivity index (χ4n) is 2.34. The van der Waals surface area contributed by atoms with Gasteiger partial charge in [-0.3, -0.25) is 9.78 Å². The lowest BCUT2D eigenvalue weighted by atomic mass is 10.1. The molecule has 0 saturated carbocycles. The lowest BCUT2D eigenvalue weighted by Crippen LogP contribution is -2.27. The van der Waals surface area contributed by atoms with Crippen LogP contribution in [0.4, 0.5) is 0 Å². The number of carbonyl (C=O) groups excluding carboxylic acids is 1. The Morgan fingerprint density at radius 3 is 3.19 bits per heavy atom. The summed E-state index contributed by atoms with van der Waals surface area (Å²) in [6, 6.07) is 3.63. The molecule has 110 valence electrons. The Morgan fingerprint density at radius 2 is 2.48 bits per heavy atom. The average molecular weight is 287 g/mol. The van der Waals surface area contributed by atoms with Gasteiger partial charge < -0.3 is 15.2 Å². The summed E-state index contributed by atoms with van der Waals surface area (Å²) in [4.78, 5) is 20.3. The van der Waals surface area contributed by atoms with Crippen molar-refractivity contribution in [2.45, 2.75) is 31.8 Å². The van der Waals surface area contributed by atoms with E-state index in [9.17, 15) is 4.79 Å². The van der Waals surface area contributed by atoms with Gasteiger partial charge in [-0.1, -0.05) is 11.2 Å². The third-order valence-electron chi connectivity index (χ3n) is 3.54. The minimum absolute atomic E-state index is 0.0643. The van der Waals surface area contributed by atoms with E-state index >= 15 is 0 Å². The van der Waals surface area contributed by atoms with Crippen molar-refractivity contribution in [3.8, 4) is 0 Å². The van der Waals surface area contributed by atoms with Gasteiger partial charge in [0.25, 0.3) is 11.7 Å². The minimum atomic E-state index is -0.348. The summed E-state index contributed by atoms with van der Waals surface area (Å²) >= 11 is 0. The molecule has 1 fully saturated rings. The fourth-order valence-corrected chi connectivity index (χ4v) is 2.34. The Labute approximate surface area is 122 Å². The summed E-state index contributed by atoms with van der Waals surface area (Å²) in [6.45, 7) is 2.82. The second-order valence-electron chi connectivity index (χ2n) is 5.09. The van der Waals surface area contributed by atoms with Gasteiger partial charge in [0.15, 0.2) is 0 Å². The van der Waals surface area contributed by atoms with E-state index < -0.39 is 0 Å². The van der Waals surface area contributed by atoms with Crippen molar-refractivity contribution < 1.29 is 9.32 Å². The van der Waals surface area contributed by atoms with Gasteiger partial charge in [0.2, 0.25) is 5.89 Å². The van der Waals surface area contributed by atoms with Crippen LogP contribution in [0.2, 0.25) is 0 Å². The van der Waals surface area contributed by atoms with Crippen LogP contribution in [0, 0.1) is 0 Å². The van der Waals surface area contributed by atoms with Crippen molar-refractivity contribution >= 4 is 5.91 Å². The monoisotopic (exact) mass is 287 g/mol. The summed E-state index contributed by atoms with van der Waals surface area (Å²) in [5.74, 6) is 0.195. The van der Waals surface area contributed by atoms with Crippen LogP contribution in [0.5, 0.6) is 0 Å². The maximum atomic E-state index is 12.1. The molecule has 7 nitrogen and oxygen atoms in total. The van der Waals surface area contributed by atoms with Crippen LogP contribution in [0.1, 0.15) is 53.9 Å². The number of nitrogens with zero attached hydrogens (tertiary/aromatic N) is 3. The number of amides is 1. The van der Waals surface area contributed by atoms with Crippen LogP contribution >= 0.6 is 0 Å². The van der Waals surface area contributed by atoms with Gasteiger partial charge in [-0.15, -0.1) is 0 Å². The first kappa shape index (κ1) is 13.7. The van der Waals surface area contributed by atoms with Crippen LogP contribution < -0.4 is 10.6 Å². The summed E-state index contributed by atoms with van der Waals surface area (Å²) in [7, 11) is 0. The molecule has 0 aliphatic carbocycles. The van der Waals surface area contributed by atoms with Gasteiger partial charge in [-0.05, 0) is 37.9 Å². The van der Waals surface area contributed by atoms with Crippen LogP contribution in [-0.4, -0.2) is 27.6 Å². The summed E-state index contributed by atoms with van der Waals surface area (Å²) in [5, 5.41) is 9.84. The molecule has 0 spiro atoms. The van der Waals surface area contributed by atoms with E-state index in [1.165, 1.54) is 0 Å². The van der Waals surface area contributed by atoms with E-state index in [4.69, 9.17) is 4.52 Å². The molecule has 3 rings (SSSR count). The van der Waals surface area contributed by atoms with E-state index in [-0.39, 0.29) is 23.8 Å². The largest absolute Gasteiger partial charge is 0.343 e. The molecular formula is C14H17N5O2. The van der Waals surface area contributed by atoms with Crippen molar-refractivity contribution in [1.29, 1.82) is 0 Å². The maximum absolute atomic E-state index is 12.1. The first-order valence-corrected chi connectivity index (χ1v) is 7.02. The molecule has 1 aliphatic rings. The van der Waals surface area contributed by atoms with Gasteiger partial charge >= 0.3 is 0 Å². The van der Waals surface area contributed by atoms with Crippen LogP contribution in [0.15, 0.2) is 29.0 Å². The highest BCUT2D eigenvalue weighted by atomic mass is 16.5. The second-order valence-corrected chi connectivity index (χ2v) is 5.09. The predicted molar refractivity (Wildman–Crippen MR) is 74.4 cm³/mol. The Kier molecular flexibility index (Phi) is 3.92. The van der Waals surface area contributed by atoms with Crippen molar-refractivity contribution in [3.05, 3.63) is 41.8 Å². The molecule has 3 heterocycles. The SMILES string of the molecule is C[C@@H](NC(=O)c1noc(C2CCCN2)n1)c1cccnc1. The third kappa shape index (κ3) is 3.08. The predicted octanol–water partition coefficient (Wildman–Crippen LogP) is 1.38. The zero-order valence-electron chi connectivity index (χ0n) is 11.7. The molecule has 2 N–H and O–H groups in total. The van der Waals surface area contributed by atoms with Crippen LogP contribution in [0.3, 0.4) is 0 Å². The van der Waals surface area contributed by atoms with E-state index in [0.29, 0.717) is 5.89 Å². The number of carbonyl (C=O) groups is 1. The topological polar surface area (TPSA) is 92.9 Å². The highest BCUT2D eigenvalue weighted by Gasteiger charge is 2.24. The molecule has 7 heteroatoms.